The number of Topliss-reactive ketones (excluding diaryl/α,β-unsaturated/α-hetero) is 1. The maximum Gasteiger partial charge on any atom is 0.232 e. The number of allylic oxidation sites excluding steroid dienone is 1. The Hall–Kier alpha value is -3.77. The Kier molecular flexibility index (Phi) is 5.99. The lowest BCUT2D eigenvalue weighted by Crippen LogP contribution is -2.31. The molecule has 0 saturated heterocycles. The smallest absolute Gasteiger partial charge is 0.232 e. The van der Waals surface area contributed by atoms with E-state index in [1.54, 1.807) is 13.2 Å². The van der Waals surface area contributed by atoms with Crippen LogP contribution in [0.4, 0.5) is 0 Å². The van der Waals surface area contributed by atoms with Crippen LogP contribution in [0.2, 0.25) is 0 Å². The van der Waals surface area contributed by atoms with Crippen molar-refractivity contribution < 1.29 is 23.7 Å². The molecule has 0 unspecified atom stereocenters. The van der Waals surface area contributed by atoms with Crippen LogP contribution in [0, 0.1) is 6.92 Å². The van der Waals surface area contributed by atoms with E-state index in [4.69, 9.17) is 18.9 Å². The van der Waals surface area contributed by atoms with Crippen molar-refractivity contribution in [2.24, 2.45) is 0 Å². The first-order valence-corrected chi connectivity index (χ1v) is 11.4. The number of carbonyl (C=O) groups excluding carboxylic acids is 1. The SMILES string of the molecule is CCOc1ccc(/C=C2\Oc3c4c(cc(C)c3C2=O)OCN(Cc2ccc(OC)cc2)C4)cc1. The molecule has 2 aliphatic rings. The third-order valence-electron chi connectivity index (χ3n) is 6.04. The van der Waals surface area contributed by atoms with Crippen LogP contribution in [-0.4, -0.2) is 31.1 Å². The summed E-state index contributed by atoms with van der Waals surface area (Å²) in [6.45, 7) is 6.30. The van der Waals surface area contributed by atoms with Crippen molar-refractivity contribution in [1.82, 2.24) is 4.90 Å². The highest BCUT2D eigenvalue weighted by Gasteiger charge is 2.35. The average molecular weight is 458 g/mol. The van der Waals surface area contributed by atoms with Gasteiger partial charge in [-0.2, -0.15) is 0 Å². The number of hydrogen-bond donors (Lipinski definition) is 0. The zero-order valence-electron chi connectivity index (χ0n) is 19.6. The van der Waals surface area contributed by atoms with E-state index in [1.807, 2.05) is 68.4 Å². The molecular formula is C28H27NO5. The van der Waals surface area contributed by atoms with Gasteiger partial charge in [0.15, 0.2) is 5.76 Å². The minimum atomic E-state index is -0.100. The largest absolute Gasteiger partial charge is 0.497 e. The molecule has 0 atom stereocenters. The second kappa shape index (κ2) is 9.23. The van der Waals surface area contributed by atoms with Crippen LogP contribution in [0.5, 0.6) is 23.0 Å². The van der Waals surface area contributed by atoms with Crippen LogP contribution in [0.15, 0.2) is 60.4 Å². The summed E-state index contributed by atoms with van der Waals surface area (Å²) in [7, 11) is 1.66. The Morgan fingerprint density at radius 2 is 1.79 bits per heavy atom. The lowest BCUT2D eigenvalue weighted by atomic mass is 9.98. The van der Waals surface area contributed by atoms with E-state index >= 15 is 0 Å². The fraction of sp³-hybridized carbons (Fsp3) is 0.250. The standard InChI is InChI=1S/C28H27NO5/c1-4-32-22-11-5-19(6-12-22)14-25-27(30)26-18(2)13-24-23(28(26)34-25)16-29(17-33-24)15-20-7-9-21(31-3)10-8-20/h5-14H,4,15-17H2,1-3H3/b25-14-. The summed E-state index contributed by atoms with van der Waals surface area (Å²) in [5.74, 6) is 3.23. The first-order valence-electron chi connectivity index (χ1n) is 11.4. The molecule has 6 heteroatoms. The highest BCUT2D eigenvalue weighted by Crippen LogP contribution is 2.44. The van der Waals surface area contributed by atoms with Gasteiger partial charge in [-0.3, -0.25) is 9.69 Å². The van der Waals surface area contributed by atoms with Gasteiger partial charge in [0.05, 0.1) is 24.8 Å². The van der Waals surface area contributed by atoms with Gasteiger partial charge in [-0.05, 0) is 66.9 Å². The Bertz CT molecular complexity index is 1250. The summed E-state index contributed by atoms with van der Waals surface area (Å²) in [6, 6.07) is 17.6. The van der Waals surface area contributed by atoms with Crippen molar-refractivity contribution in [1.29, 1.82) is 0 Å². The summed E-state index contributed by atoms with van der Waals surface area (Å²) >= 11 is 0. The van der Waals surface area contributed by atoms with Crippen molar-refractivity contribution in [2.75, 3.05) is 20.4 Å². The molecule has 0 N–H and O–H groups in total. The van der Waals surface area contributed by atoms with E-state index < -0.39 is 0 Å². The molecule has 0 bridgehead atoms. The van der Waals surface area contributed by atoms with Gasteiger partial charge in [0.2, 0.25) is 5.78 Å². The fourth-order valence-electron chi connectivity index (χ4n) is 4.34. The molecule has 0 radical (unpaired) electrons. The topological polar surface area (TPSA) is 57.2 Å². The number of benzene rings is 3. The summed E-state index contributed by atoms with van der Waals surface area (Å²) in [6.07, 6.45) is 1.78. The lowest BCUT2D eigenvalue weighted by Gasteiger charge is -2.30. The summed E-state index contributed by atoms with van der Waals surface area (Å²) in [5, 5.41) is 0. The molecule has 5 rings (SSSR count). The molecule has 34 heavy (non-hydrogen) atoms. The van der Waals surface area contributed by atoms with Gasteiger partial charge in [-0.1, -0.05) is 24.3 Å². The molecule has 0 aliphatic carbocycles. The third kappa shape index (κ3) is 4.24. The highest BCUT2D eigenvalue weighted by atomic mass is 16.5. The van der Waals surface area contributed by atoms with Crippen LogP contribution in [0.1, 0.15) is 39.5 Å². The molecule has 0 fully saturated rings. The maximum atomic E-state index is 13.2. The molecular weight excluding hydrogens is 430 g/mol. The Morgan fingerprint density at radius 3 is 2.50 bits per heavy atom. The number of carbonyl (C=O) groups is 1. The number of rotatable bonds is 6. The predicted octanol–water partition coefficient (Wildman–Crippen LogP) is 5.37. The van der Waals surface area contributed by atoms with Crippen LogP contribution in [0.3, 0.4) is 0 Å². The maximum absolute atomic E-state index is 13.2. The molecule has 0 spiro atoms. The number of aryl methyl sites for hydroxylation is 1. The van der Waals surface area contributed by atoms with Crippen molar-refractivity contribution in [3.05, 3.63) is 88.2 Å². The second-order valence-corrected chi connectivity index (χ2v) is 8.42. The van der Waals surface area contributed by atoms with Crippen LogP contribution < -0.4 is 18.9 Å². The normalized spacial score (nSPS) is 16.0. The van der Waals surface area contributed by atoms with Crippen molar-refractivity contribution in [3.8, 4) is 23.0 Å². The van der Waals surface area contributed by atoms with Gasteiger partial charge in [0, 0.05) is 13.1 Å². The van der Waals surface area contributed by atoms with Crippen LogP contribution in [-0.2, 0) is 13.1 Å². The monoisotopic (exact) mass is 457 g/mol. The first kappa shape index (κ1) is 22.0. The Labute approximate surface area is 199 Å². The number of ether oxygens (including phenoxy) is 4. The first-order chi connectivity index (χ1) is 16.6. The van der Waals surface area contributed by atoms with E-state index in [0.29, 0.717) is 37.0 Å². The van der Waals surface area contributed by atoms with Crippen molar-refractivity contribution >= 4 is 11.9 Å². The second-order valence-electron chi connectivity index (χ2n) is 8.42. The fourth-order valence-corrected chi connectivity index (χ4v) is 4.34. The van der Waals surface area contributed by atoms with Gasteiger partial charge in [-0.25, -0.2) is 0 Å². The minimum absolute atomic E-state index is 0.100. The van der Waals surface area contributed by atoms with Crippen molar-refractivity contribution in [3.63, 3.8) is 0 Å². The highest BCUT2D eigenvalue weighted by molar-refractivity contribution is 6.15. The number of methoxy groups -OCH3 is 1. The molecule has 0 saturated carbocycles. The quantitative estimate of drug-likeness (QED) is 0.464. The van der Waals surface area contributed by atoms with E-state index in [2.05, 4.69) is 4.90 Å². The predicted molar refractivity (Wildman–Crippen MR) is 129 cm³/mol. The summed E-state index contributed by atoms with van der Waals surface area (Å²) in [5.41, 5.74) is 4.42. The molecule has 174 valence electrons. The third-order valence-corrected chi connectivity index (χ3v) is 6.04. The van der Waals surface area contributed by atoms with Gasteiger partial charge in [-0.15, -0.1) is 0 Å². The van der Waals surface area contributed by atoms with E-state index in [-0.39, 0.29) is 5.78 Å². The molecule has 2 aliphatic heterocycles. The Balaban J connectivity index is 1.39. The molecule has 0 aromatic heterocycles. The molecule has 3 aromatic carbocycles. The van der Waals surface area contributed by atoms with Crippen molar-refractivity contribution in [2.45, 2.75) is 26.9 Å². The van der Waals surface area contributed by atoms with Gasteiger partial charge in [0.1, 0.15) is 29.7 Å². The van der Waals surface area contributed by atoms with Crippen LogP contribution in [0.25, 0.3) is 6.08 Å². The molecule has 2 heterocycles. The number of nitrogens with zero attached hydrogens (tertiary/aromatic N) is 1. The van der Waals surface area contributed by atoms with Gasteiger partial charge in [0.25, 0.3) is 0 Å². The molecule has 6 nitrogen and oxygen atoms in total. The number of hydrogen-bond acceptors (Lipinski definition) is 6. The summed E-state index contributed by atoms with van der Waals surface area (Å²) in [4.78, 5) is 15.4. The summed E-state index contributed by atoms with van der Waals surface area (Å²) < 4.78 is 23.0. The zero-order chi connectivity index (χ0) is 23.7. The molecule has 0 amide bonds. The molecule has 3 aromatic rings. The van der Waals surface area contributed by atoms with E-state index in [9.17, 15) is 4.79 Å². The van der Waals surface area contributed by atoms with Gasteiger partial charge < -0.3 is 18.9 Å². The Morgan fingerprint density at radius 1 is 1.06 bits per heavy atom. The zero-order valence-corrected chi connectivity index (χ0v) is 19.6. The minimum Gasteiger partial charge on any atom is -0.497 e. The van der Waals surface area contributed by atoms with E-state index in [1.165, 1.54) is 0 Å². The van der Waals surface area contributed by atoms with Crippen LogP contribution >= 0.6 is 0 Å². The average Bonchev–Trinajstić information content (AvgIpc) is 3.18. The lowest BCUT2D eigenvalue weighted by molar-refractivity contribution is 0.0872. The van der Waals surface area contributed by atoms with E-state index in [0.717, 1.165) is 46.0 Å². The number of fused-ring (bicyclic) bond motifs is 3. The number of ketones is 1. The van der Waals surface area contributed by atoms with Gasteiger partial charge >= 0.3 is 0 Å².